The molecule has 0 bridgehead atoms. The number of imidazole rings is 1. The second kappa shape index (κ2) is 10.1. The molecule has 1 N–H and O–H groups in total. The largest absolute Gasteiger partial charge is 0.444 e. The van der Waals surface area contributed by atoms with Gasteiger partial charge in [0.15, 0.2) is 0 Å². The first-order valence-corrected chi connectivity index (χ1v) is 12.5. The third-order valence-electron chi connectivity index (χ3n) is 6.90. The molecule has 10 heteroatoms. The third kappa shape index (κ3) is 5.48. The zero-order chi connectivity index (χ0) is 26.2. The Kier molecular flexibility index (Phi) is 7.26. The van der Waals surface area contributed by atoms with Crippen LogP contribution in [-0.2, 0) is 26.1 Å². The molecule has 1 atom stereocenters. The molecule has 1 aliphatic carbocycles. The summed E-state index contributed by atoms with van der Waals surface area (Å²) < 4.78 is 14.4. The van der Waals surface area contributed by atoms with Crippen molar-refractivity contribution < 1.29 is 23.9 Å². The minimum Gasteiger partial charge on any atom is -0.444 e. The molecule has 10 nitrogen and oxygen atoms in total. The summed E-state index contributed by atoms with van der Waals surface area (Å²) in [7, 11) is 3.43. The topological polar surface area (TPSA) is 112 Å². The predicted molar refractivity (Wildman–Crippen MR) is 134 cm³/mol. The number of nitrogens with one attached hydrogen (secondary N) is 1. The van der Waals surface area contributed by atoms with Gasteiger partial charge in [-0.05, 0) is 70.1 Å². The van der Waals surface area contributed by atoms with Crippen LogP contribution in [0.2, 0.25) is 0 Å². The molecule has 2 aliphatic rings. The molecule has 0 spiro atoms. The monoisotopic (exact) mass is 500 g/mol. The lowest BCUT2D eigenvalue weighted by molar-refractivity contribution is -0.135. The summed E-state index contributed by atoms with van der Waals surface area (Å²) in [5.41, 5.74) is 1.84. The van der Waals surface area contributed by atoms with E-state index in [9.17, 15) is 19.2 Å². The predicted octanol–water partition coefficient (Wildman–Crippen LogP) is 2.84. The maximum absolute atomic E-state index is 12.9. The van der Waals surface area contributed by atoms with Crippen molar-refractivity contribution in [2.45, 2.75) is 76.5 Å². The van der Waals surface area contributed by atoms with Crippen LogP contribution in [0.4, 0.5) is 4.79 Å². The molecule has 1 aromatic heterocycles. The highest BCUT2D eigenvalue weighted by atomic mass is 16.6. The highest BCUT2D eigenvalue weighted by molar-refractivity contribution is 6.00. The number of aromatic nitrogens is 2. The van der Waals surface area contributed by atoms with E-state index in [1.165, 1.54) is 4.57 Å². The number of benzene rings is 1. The van der Waals surface area contributed by atoms with Crippen molar-refractivity contribution in [1.29, 1.82) is 0 Å². The van der Waals surface area contributed by atoms with Gasteiger partial charge in [-0.3, -0.25) is 24.0 Å². The van der Waals surface area contributed by atoms with Crippen molar-refractivity contribution >= 4 is 28.9 Å². The van der Waals surface area contributed by atoms with Gasteiger partial charge in [0, 0.05) is 33.7 Å². The van der Waals surface area contributed by atoms with Crippen LogP contribution in [0.25, 0.3) is 11.0 Å². The fraction of sp³-hybridized carbons (Fsp3) is 0.615. The third-order valence-corrected chi connectivity index (χ3v) is 6.90. The summed E-state index contributed by atoms with van der Waals surface area (Å²) in [5, 5.41) is 2.34. The van der Waals surface area contributed by atoms with Crippen molar-refractivity contribution in [3.05, 3.63) is 34.2 Å². The normalized spacial score (nSPS) is 22.3. The number of ether oxygens (including phenoxy) is 2. The number of fused-ring (bicyclic) bond motifs is 1. The van der Waals surface area contributed by atoms with E-state index in [1.807, 2.05) is 39.0 Å². The van der Waals surface area contributed by atoms with Gasteiger partial charge in [-0.15, -0.1) is 0 Å². The Bertz CT molecular complexity index is 1220. The summed E-state index contributed by atoms with van der Waals surface area (Å²) in [6.07, 6.45) is 2.92. The number of imide groups is 1. The summed E-state index contributed by atoms with van der Waals surface area (Å²) in [5.74, 6) is -0.386. The van der Waals surface area contributed by atoms with E-state index in [2.05, 4.69) is 5.32 Å². The van der Waals surface area contributed by atoms with Crippen LogP contribution in [-0.4, -0.2) is 63.8 Å². The van der Waals surface area contributed by atoms with E-state index in [4.69, 9.17) is 9.47 Å². The van der Waals surface area contributed by atoms with E-state index in [0.717, 1.165) is 30.3 Å². The fourth-order valence-electron chi connectivity index (χ4n) is 4.82. The number of nitrogens with zero attached hydrogens (tertiary/aromatic N) is 3. The number of rotatable bonds is 7. The second-order valence-electron chi connectivity index (χ2n) is 10.8. The van der Waals surface area contributed by atoms with Gasteiger partial charge in [0.25, 0.3) is 0 Å². The lowest BCUT2D eigenvalue weighted by atomic mass is 9.77. The molecule has 2 aromatic rings. The molecule has 1 saturated heterocycles. The molecular weight excluding hydrogens is 464 g/mol. The Balaban J connectivity index is 1.31. The fourth-order valence-corrected chi connectivity index (χ4v) is 4.82. The summed E-state index contributed by atoms with van der Waals surface area (Å²) in [6.45, 7) is 6.69. The molecule has 36 heavy (non-hydrogen) atoms. The van der Waals surface area contributed by atoms with Crippen molar-refractivity contribution in [1.82, 2.24) is 19.4 Å². The van der Waals surface area contributed by atoms with Crippen molar-refractivity contribution in [3.63, 3.8) is 0 Å². The molecule has 1 aliphatic heterocycles. The zero-order valence-corrected chi connectivity index (χ0v) is 21.7. The maximum Gasteiger partial charge on any atom is 0.410 e. The number of hydrogen-bond acceptors (Lipinski definition) is 6. The van der Waals surface area contributed by atoms with E-state index < -0.39 is 17.6 Å². The van der Waals surface area contributed by atoms with Crippen molar-refractivity contribution in [2.24, 2.45) is 7.05 Å². The van der Waals surface area contributed by atoms with Gasteiger partial charge >= 0.3 is 11.8 Å². The summed E-state index contributed by atoms with van der Waals surface area (Å²) in [6, 6.07) is 5.26. The average Bonchev–Trinajstić information content (AvgIpc) is 3.01. The van der Waals surface area contributed by atoms with Crippen molar-refractivity contribution in [3.8, 4) is 0 Å². The van der Waals surface area contributed by atoms with Gasteiger partial charge in [-0.1, -0.05) is 6.07 Å². The first-order chi connectivity index (χ1) is 16.9. The number of hydrogen-bond donors (Lipinski definition) is 1. The highest BCUT2D eigenvalue weighted by Crippen LogP contribution is 2.39. The van der Waals surface area contributed by atoms with E-state index >= 15 is 0 Å². The van der Waals surface area contributed by atoms with E-state index in [-0.39, 0.29) is 30.2 Å². The van der Waals surface area contributed by atoms with Crippen LogP contribution in [0.3, 0.4) is 0 Å². The van der Waals surface area contributed by atoms with Crippen LogP contribution in [0.15, 0.2) is 23.0 Å². The van der Waals surface area contributed by atoms with Crippen LogP contribution in [0.1, 0.15) is 70.4 Å². The second-order valence-corrected chi connectivity index (χ2v) is 10.8. The van der Waals surface area contributed by atoms with E-state index in [0.29, 0.717) is 31.0 Å². The Morgan fingerprint density at radius 2 is 1.89 bits per heavy atom. The summed E-state index contributed by atoms with van der Waals surface area (Å²) in [4.78, 5) is 50.4. The van der Waals surface area contributed by atoms with Gasteiger partial charge < -0.3 is 14.4 Å². The number of carbonyl (C=O) groups is 3. The van der Waals surface area contributed by atoms with Crippen LogP contribution in [0.5, 0.6) is 0 Å². The molecule has 1 aromatic carbocycles. The lowest BCUT2D eigenvalue weighted by Gasteiger charge is -2.35. The first kappa shape index (κ1) is 25.9. The molecule has 196 valence electrons. The highest BCUT2D eigenvalue weighted by Gasteiger charge is 2.33. The molecule has 2 fully saturated rings. The SMILES string of the molecule is CN(CCCOC1CC(c2ccc3c(c2)n(C)c(=O)n3C2CCC(=O)NC2=O)C1)C(=O)OC(C)(C)C. The van der Waals surface area contributed by atoms with Crippen molar-refractivity contribution in [2.75, 3.05) is 20.2 Å². The Morgan fingerprint density at radius 3 is 2.56 bits per heavy atom. The molecule has 0 radical (unpaired) electrons. The minimum absolute atomic E-state index is 0.175. The minimum atomic E-state index is -0.680. The maximum atomic E-state index is 12.9. The van der Waals surface area contributed by atoms with Gasteiger partial charge in [-0.2, -0.15) is 0 Å². The zero-order valence-electron chi connectivity index (χ0n) is 21.7. The standard InChI is InChI=1S/C26H36N4O6/c1-26(2,3)36-25(34)28(4)11-6-12-35-18-13-17(14-18)16-7-8-19-21(15-16)29(5)24(33)30(19)20-9-10-22(31)27-23(20)32/h7-8,15,17-18,20H,6,9-14H2,1-5H3,(H,27,31,32). The summed E-state index contributed by atoms with van der Waals surface area (Å²) >= 11 is 0. The van der Waals surface area contributed by atoms with Crippen LogP contribution in [0, 0.1) is 0 Å². The molecule has 3 amide bonds. The van der Waals surface area contributed by atoms with Gasteiger partial charge in [-0.25, -0.2) is 9.59 Å². The number of carbonyl (C=O) groups excluding carboxylic acids is 3. The van der Waals surface area contributed by atoms with Crippen LogP contribution < -0.4 is 11.0 Å². The quantitative estimate of drug-likeness (QED) is 0.462. The van der Waals surface area contributed by atoms with E-state index in [1.54, 1.807) is 23.6 Å². The van der Waals surface area contributed by atoms with Gasteiger partial charge in [0.2, 0.25) is 11.8 Å². The van der Waals surface area contributed by atoms with Gasteiger partial charge in [0.1, 0.15) is 11.6 Å². The first-order valence-electron chi connectivity index (χ1n) is 12.5. The molecule has 1 unspecified atom stereocenters. The number of piperidine rings is 1. The average molecular weight is 501 g/mol. The Labute approximate surface area is 210 Å². The van der Waals surface area contributed by atoms with Crippen LogP contribution >= 0.6 is 0 Å². The number of amides is 3. The lowest BCUT2D eigenvalue weighted by Crippen LogP contribution is -2.44. The molecule has 2 heterocycles. The van der Waals surface area contributed by atoms with Gasteiger partial charge in [0.05, 0.1) is 17.1 Å². The number of aryl methyl sites for hydroxylation is 1. The molecular formula is C26H36N4O6. The molecule has 4 rings (SSSR count). The smallest absolute Gasteiger partial charge is 0.410 e. The molecule has 1 saturated carbocycles. The Hall–Kier alpha value is -3.14. The Morgan fingerprint density at radius 1 is 1.17 bits per heavy atom.